The number of aryl methyl sites for hydroxylation is 3. The number of sulfonamides is 1. The molecule has 6 nitrogen and oxygen atoms in total. The minimum Gasteiger partial charge on any atom is -0.483 e. The van der Waals surface area contributed by atoms with Crippen LogP contribution in [0, 0.1) is 20.8 Å². The number of benzene rings is 3. The molecule has 0 aliphatic carbocycles. The third-order valence-electron chi connectivity index (χ3n) is 4.42. The van der Waals surface area contributed by atoms with Crippen LogP contribution in [-0.2, 0) is 14.8 Å². The van der Waals surface area contributed by atoms with Gasteiger partial charge in [0.05, 0.1) is 4.90 Å². The molecule has 0 aliphatic heterocycles. The minimum atomic E-state index is -3.74. The summed E-state index contributed by atoms with van der Waals surface area (Å²) in [5, 5.41) is 2.70. The van der Waals surface area contributed by atoms with Crippen LogP contribution >= 0.6 is 15.9 Å². The third kappa shape index (κ3) is 6.32. The summed E-state index contributed by atoms with van der Waals surface area (Å²) >= 11 is 3.38. The Labute approximate surface area is 190 Å². The van der Waals surface area contributed by atoms with Crippen molar-refractivity contribution >= 4 is 43.2 Å². The van der Waals surface area contributed by atoms with Gasteiger partial charge in [0.2, 0.25) is 0 Å². The minimum absolute atomic E-state index is 0.103. The van der Waals surface area contributed by atoms with Gasteiger partial charge < -0.3 is 10.1 Å². The number of rotatable bonds is 7. The zero-order chi connectivity index (χ0) is 22.6. The van der Waals surface area contributed by atoms with E-state index in [1.165, 1.54) is 12.1 Å². The van der Waals surface area contributed by atoms with Crippen LogP contribution in [0.1, 0.15) is 16.7 Å². The van der Waals surface area contributed by atoms with Crippen LogP contribution < -0.4 is 14.8 Å². The van der Waals surface area contributed by atoms with E-state index >= 15 is 0 Å². The number of carbonyl (C=O) groups excluding carboxylic acids is 1. The lowest BCUT2D eigenvalue weighted by Gasteiger charge is -2.12. The SMILES string of the molecule is Cc1cc(C)cc(NS(=O)(=O)c2ccc(NC(=O)COc3ccc(Br)cc3C)cc2)c1. The zero-order valence-corrected chi connectivity index (χ0v) is 19.8. The highest BCUT2D eigenvalue weighted by Gasteiger charge is 2.15. The van der Waals surface area contributed by atoms with Crippen LogP contribution in [0.15, 0.2) is 70.0 Å². The van der Waals surface area contributed by atoms with Gasteiger partial charge in [-0.2, -0.15) is 0 Å². The van der Waals surface area contributed by atoms with Crippen molar-refractivity contribution < 1.29 is 17.9 Å². The fourth-order valence-corrected chi connectivity index (χ4v) is 4.60. The molecule has 31 heavy (non-hydrogen) atoms. The predicted molar refractivity (Wildman–Crippen MR) is 126 cm³/mol. The molecule has 0 atom stereocenters. The number of ether oxygens (including phenoxy) is 1. The van der Waals surface area contributed by atoms with Crippen molar-refractivity contribution in [3.8, 4) is 5.75 Å². The molecule has 2 N–H and O–H groups in total. The average molecular weight is 503 g/mol. The Bertz CT molecular complexity index is 1190. The van der Waals surface area contributed by atoms with E-state index in [9.17, 15) is 13.2 Å². The van der Waals surface area contributed by atoms with E-state index in [-0.39, 0.29) is 17.4 Å². The van der Waals surface area contributed by atoms with E-state index in [4.69, 9.17) is 4.74 Å². The summed E-state index contributed by atoms with van der Waals surface area (Å²) < 4.78 is 34.4. The maximum Gasteiger partial charge on any atom is 0.262 e. The molecule has 1 amide bonds. The highest BCUT2D eigenvalue weighted by atomic mass is 79.9. The molecular weight excluding hydrogens is 480 g/mol. The second kappa shape index (κ2) is 9.53. The maximum absolute atomic E-state index is 12.7. The van der Waals surface area contributed by atoms with Crippen LogP contribution in [0.3, 0.4) is 0 Å². The number of nitrogens with one attached hydrogen (secondary N) is 2. The fourth-order valence-electron chi connectivity index (χ4n) is 3.08. The number of hydrogen-bond donors (Lipinski definition) is 2. The first-order valence-electron chi connectivity index (χ1n) is 9.52. The van der Waals surface area contributed by atoms with Gasteiger partial charge in [-0.25, -0.2) is 8.42 Å². The Balaban J connectivity index is 1.61. The first kappa shape index (κ1) is 22.8. The van der Waals surface area contributed by atoms with Gasteiger partial charge in [0, 0.05) is 15.8 Å². The molecule has 0 fully saturated rings. The van der Waals surface area contributed by atoms with Crippen LogP contribution in [0.25, 0.3) is 0 Å². The van der Waals surface area contributed by atoms with Gasteiger partial charge in [0.25, 0.3) is 15.9 Å². The monoisotopic (exact) mass is 502 g/mol. The molecule has 0 saturated heterocycles. The topological polar surface area (TPSA) is 84.5 Å². The van der Waals surface area contributed by atoms with E-state index in [0.29, 0.717) is 17.1 Å². The lowest BCUT2D eigenvalue weighted by atomic mass is 10.1. The number of halogens is 1. The van der Waals surface area contributed by atoms with E-state index in [0.717, 1.165) is 21.2 Å². The summed E-state index contributed by atoms with van der Waals surface area (Å²) in [4.78, 5) is 12.3. The summed E-state index contributed by atoms with van der Waals surface area (Å²) in [6, 6.07) is 17.0. The summed E-state index contributed by atoms with van der Waals surface area (Å²) in [6.07, 6.45) is 0. The highest BCUT2D eigenvalue weighted by Crippen LogP contribution is 2.23. The first-order valence-corrected chi connectivity index (χ1v) is 11.8. The van der Waals surface area contributed by atoms with Gasteiger partial charge in [0.15, 0.2) is 6.61 Å². The molecule has 8 heteroatoms. The van der Waals surface area contributed by atoms with Crippen molar-refractivity contribution in [2.75, 3.05) is 16.6 Å². The van der Waals surface area contributed by atoms with Crippen molar-refractivity contribution in [2.45, 2.75) is 25.7 Å². The van der Waals surface area contributed by atoms with Crippen molar-refractivity contribution in [1.29, 1.82) is 0 Å². The van der Waals surface area contributed by atoms with Gasteiger partial charge in [-0.1, -0.05) is 22.0 Å². The molecule has 162 valence electrons. The van der Waals surface area contributed by atoms with Gasteiger partial charge in [-0.05, 0) is 92.1 Å². The fraction of sp³-hybridized carbons (Fsp3) is 0.174. The average Bonchev–Trinajstić information content (AvgIpc) is 2.66. The van der Waals surface area contributed by atoms with Gasteiger partial charge >= 0.3 is 0 Å². The Morgan fingerprint density at radius 1 is 0.903 bits per heavy atom. The molecule has 0 aromatic heterocycles. The normalized spacial score (nSPS) is 11.1. The largest absolute Gasteiger partial charge is 0.483 e. The lowest BCUT2D eigenvalue weighted by Crippen LogP contribution is -2.20. The molecule has 3 aromatic carbocycles. The molecular formula is C23H23BrN2O4S. The number of hydrogen-bond acceptors (Lipinski definition) is 4. The summed E-state index contributed by atoms with van der Waals surface area (Å²) in [7, 11) is -3.74. The number of amides is 1. The van der Waals surface area contributed by atoms with Gasteiger partial charge in [0.1, 0.15) is 5.75 Å². The molecule has 3 rings (SSSR count). The van der Waals surface area contributed by atoms with Gasteiger partial charge in [-0.3, -0.25) is 9.52 Å². The van der Waals surface area contributed by atoms with Crippen molar-refractivity contribution in [2.24, 2.45) is 0 Å². The van der Waals surface area contributed by atoms with Crippen molar-refractivity contribution in [1.82, 2.24) is 0 Å². The van der Waals surface area contributed by atoms with Crippen molar-refractivity contribution in [3.63, 3.8) is 0 Å². The van der Waals surface area contributed by atoms with Crippen LogP contribution in [-0.4, -0.2) is 20.9 Å². The van der Waals surface area contributed by atoms with Crippen LogP contribution in [0.4, 0.5) is 11.4 Å². The molecule has 0 unspecified atom stereocenters. The standard InChI is InChI=1S/C23H23BrN2O4S/c1-15-10-16(2)12-20(11-15)26-31(28,29)21-7-5-19(6-8-21)25-23(27)14-30-22-9-4-18(24)13-17(22)3/h4-13,26H,14H2,1-3H3,(H,25,27). The molecule has 0 spiro atoms. The Kier molecular flexibility index (Phi) is 7.02. The summed E-state index contributed by atoms with van der Waals surface area (Å²) in [5.74, 6) is 0.281. The van der Waals surface area contributed by atoms with E-state index in [1.54, 1.807) is 30.3 Å². The van der Waals surface area contributed by atoms with Crippen LogP contribution in [0.2, 0.25) is 0 Å². The van der Waals surface area contributed by atoms with Crippen molar-refractivity contribution in [3.05, 3.63) is 81.8 Å². The summed E-state index contributed by atoms with van der Waals surface area (Å²) in [6.45, 7) is 5.55. The smallest absolute Gasteiger partial charge is 0.262 e. The Morgan fingerprint density at radius 2 is 1.55 bits per heavy atom. The molecule has 0 heterocycles. The number of anilines is 2. The van der Waals surface area contributed by atoms with E-state index in [1.807, 2.05) is 39.0 Å². The second-order valence-electron chi connectivity index (χ2n) is 7.25. The zero-order valence-electron chi connectivity index (χ0n) is 17.4. The maximum atomic E-state index is 12.7. The van der Waals surface area contributed by atoms with Crippen LogP contribution in [0.5, 0.6) is 5.75 Å². The number of carbonyl (C=O) groups is 1. The Morgan fingerprint density at radius 3 is 2.16 bits per heavy atom. The molecule has 3 aromatic rings. The Hall–Kier alpha value is -2.84. The quantitative estimate of drug-likeness (QED) is 0.465. The first-order chi connectivity index (χ1) is 14.6. The molecule has 0 aliphatic rings. The second-order valence-corrected chi connectivity index (χ2v) is 9.85. The van der Waals surface area contributed by atoms with E-state index < -0.39 is 10.0 Å². The predicted octanol–water partition coefficient (Wildman–Crippen LogP) is 5.19. The highest BCUT2D eigenvalue weighted by molar-refractivity contribution is 9.10. The molecule has 0 radical (unpaired) electrons. The summed E-state index contributed by atoms with van der Waals surface area (Å²) in [5.41, 5.74) is 3.84. The van der Waals surface area contributed by atoms with E-state index in [2.05, 4.69) is 26.0 Å². The lowest BCUT2D eigenvalue weighted by molar-refractivity contribution is -0.118. The molecule has 0 bridgehead atoms. The third-order valence-corrected chi connectivity index (χ3v) is 6.31. The molecule has 0 saturated carbocycles. The van der Waals surface area contributed by atoms with Gasteiger partial charge in [-0.15, -0.1) is 0 Å².